The first-order valence-electron chi connectivity index (χ1n) is 9.72. The molecule has 0 spiro atoms. The van der Waals surface area contributed by atoms with Crippen LogP contribution < -0.4 is 5.32 Å². The minimum atomic E-state index is -0.134. The van der Waals surface area contributed by atoms with Gasteiger partial charge in [0.2, 0.25) is 0 Å². The van der Waals surface area contributed by atoms with Crippen LogP contribution in [0.3, 0.4) is 0 Å². The molecule has 2 aromatic heterocycles. The zero-order valence-electron chi connectivity index (χ0n) is 16.5. The smallest absolute Gasteiger partial charge is 0.267 e. The highest BCUT2D eigenvalue weighted by Gasteiger charge is 2.21. The van der Waals surface area contributed by atoms with Crippen molar-refractivity contribution in [3.8, 4) is 11.4 Å². The van der Waals surface area contributed by atoms with Crippen LogP contribution in [0.2, 0.25) is 0 Å². The first kappa shape index (κ1) is 18.8. The summed E-state index contributed by atoms with van der Waals surface area (Å²) in [6, 6.07) is 7.82. The van der Waals surface area contributed by atoms with Gasteiger partial charge in [0.1, 0.15) is 10.7 Å². The van der Waals surface area contributed by atoms with Crippen molar-refractivity contribution in [1.82, 2.24) is 19.7 Å². The maximum absolute atomic E-state index is 12.7. The number of amides is 1. The molecule has 0 radical (unpaired) electrons. The zero-order chi connectivity index (χ0) is 19.7. The topological polar surface area (TPSA) is 72.7 Å². The van der Waals surface area contributed by atoms with Gasteiger partial charge in [0.15, 0.2) is 5.82 Å². The number of nitrogens with zero attached hydrogens (tertiary/aromatic N) is 4. The zero-order valence-corrected chi connectivity index (χ0v) is 17.3. The van der Waals surface area contributed by atoms with Gasteiger partial charge in [-0.2, -0.15) is 0 Å². The van der Waals surface area contributed by atoms with Gasteiger partial charge in [-0.3, -0.25) is 4.79 Å². The lowest BCUT2D eigenvalue weighted by Gasteiger charge is -2.13. The van der Waals surface area contributed by atoms with Crippen LogP contribution in [-0.2, 0) is 18.4 Å². The molecule has 0 saturated carbocycles. The van der Waals surface area contributed by atoms with E-state index in [9.17, 15) is 4.79 Å². The summed E-state index contributed by atoms with van der Waals surface area (Å²) in [6.07, 6.45) is 6.17. The summed E-state index contributed by atoms with van der Waals surface area (Å²) < 4.78 is 2.22. The van der Waals surface area contributed by atoms with Crippen LogP contribution in [0, 0.1) is 0 Å². The maximum Gasteiger partial charge on any atom is 0.267 e. The van der Waals surface area contributed by atoms with Crippen LogP contribution in [0.4, 0.5) is 5.69 Å². The van der Waals surface area contributed by atoms with Gasteiger partial charge >= 0.3 is 0 Å². The maximum atomic E-state index is 12.7. The molecule has 1 aliphatic heterocycles. The Balaban J connectivity index is 1.56. The number of anilines is 1. The number of carbonyl (C=O) groups is 1. The van der Waals surface area contributed by atoms with Crippen molar-refractivity contribution in [1.29, 1.82) is 0 Å². The molecule has 0 saturated heterocycles. The van der Waals surface area contributed by atoms with E-state index in [1.54, 1.807) is 6.20 Å². The number of benzene rings is 1. The van der Waals surface area contributed by atoms with Gasteiger partial charge in [-0.1, -0.05) is 39.3 Å². The molecule has 7 heteroatoms. The average Bonchev–Trinajstić information content (AvgIpc) is 3.24. The third-order valence-electron chi connectivity index (χ3n) is 4.86. The first-order chi connectivity index (χ1) is 13.4. The van der Waals surface area contributed by atoms with E-state index in [4.69, 9.17) is 0 Å². The Labute approximate surface area is 169 Å². The summed E-state index contributed by atoms with van der Waals surface area (Å²) in [7, 11) is 0. The molecule has 0 bridgehead atoms. The second-order valence-corrected chi connectivity index (χ2v) is 9.25. The van der Waals surface area contributed by atoms with Gasteiger partial charge in [0, 0.05) is 29.6 Å². The third-order valence-corrected chi connectivity index (χ3v) is 6.28. The molecular weight excluding hydrogens is 370 g/mol. The first-order valence-corrected chi connectivity index (χ1v) is 10.5. The van der Waals surface area contributed by atoms with E-state index in [0.29, 0.717) is 4.88 Å². The largest absolute Gasteiger partial charge is 0.321 e. The minimum absolute atomic E-state index is 0.0609. The molecule has 6 nitrogen and oxygen atoms in total. The SMILES string of the molecule is CC(C)(C)c1ncc(C(=O)Nc2cccc(-c3nnc4n3CCCCC4)c2)s1. The summed E-state index contributed by atoms with van der Waals surface area (Å²) in [5, 5.41) is 12.7. The molecule has 146 valence electrons. The molecule has 1 amide bonds. The van der Waals surface area contributed by atoms with Crippen molar-refractivity contribution in [2.75, 3.05) is 5.32 Å². The number of rotatable bonds is 3. The van der Waals surface area contributed by atoms with Crippen LogP contribution in [0.15, 0.2) is 30.5 Å². The van der Waals surface area contributed by atoms with Crippen LogP contribution in [0.5, 0.6) is 0 Å². The monoisotopic (exact) mass is 395 g/mol. The van der Waals surface area contributed by atoms with Crippen molar-refractivity contribution < 1.29 is 4.79 Å². The van der Waals surface area contributed by atoms with Crippen molar-refractivity contribution in [3.63, 3.8) is 0 Å². The highest BCUT2D eigenvalue weighted by Crippen LogP contribution is 2.28. The predicted molar refractivity (Wildman–Crippen MR) is 112 cm³/mol. The summed E-state index contributed by atoms with van der Waals surface area (Å²) >= 11 is 1.44. The average molecular weight is 396 g/mol. The van der Waals surface area contributed by atoms with Crippen LogP contribution in [0.25, 0.3) is 11.4 Å². The molecule has 0 atom stereocenters. The third kappa shape index (κ3) is 3.85. The normalized spacial score (nSPS) is 14.4. The predicted octanol–water partition coefficient (Wildman–Crippen LogP) is 4.68. The van der Waals surface area contributed by atoms with Crippen LogP contribution in [-0.4, -0.2) is 25.7 Å². The second kappa shape index (κ2) is 7.47. The molecule has 0 unspecified atom stereocenters. The van der Waals surface area contributed by atoms with E-state index >= 15 is 0 Å². The highest BCUT2D eigenvalue weighted by atomic mass is 32.1. The van der Waals surface area contributed by atoms with Gasteiger partial charge in [-0.25, -0.2) is 4.98 Å². The van der Waals surface area contributed by atoms with Gasteiger partial charge < -0.3 is 9.88 Å². The number of aromatic nitrogens is 4. The van der Waals surface area contributed by atoms with E-state index in [-0.39, 0.29) is 11.3 Å². The minimum Gasteiger partial charge on any atom is -0.321 e. The van der Waals surface area contributed by atoms with Gasteiger partial charge in [-0.15, -0.1) is 21.5 Å². The molecule has 3 aromatic rings. The Bertz CT molecular complexity index is 998. The Morgan fingerprint density at radius 1 is 1.18 bits per heavy atom. The number of aryl methyl sites for hydroxylation is 1. The van der Waals surface area contributed by atoms with Crippen molar-refractivity contribution >= 4 is 22.9 Å². The van der Waals surface area contributed by atoms with E-state index in [1.165, 1.54) is 24.2 Å². The fourth-order valence-corrected chi connectivity index (χ4v) is 4.22. The Kier molecular flexibility index (Phi) is 5.02. The lowest BCUT2D eigenvalue weighted by molar-refractivity contribution is 0.103. The van der Waals surface area contributed by atoms with Gasteiger partial charge in [0.25, 0.3) is 5.91 Å². The number of carbonyl (C=O) groups excluding carboxylic acids is 1. The molecule has 28 heavy (non-hydrogen) atoms. The molecule has 4 rings (SSSR count). The Morgan fingerprint density at radius 3 is 2.82 bits per heavy atom. The summed E-state index contributed by atoms with van der Waals surface area (Å²) in [6.45, 7) is 7.24. The molecule has 0 fully saturated rings. The summed E-state index contributed by atoms with van der Waals surface area (Å²) in [4.78, 5) is 17.7. The van der Waals surface area contributed by atoms with Gasteiger partial charge in [-0.05, 0) is 25.0 Å². The van der Waals surface area contributed by atoms with E-state index in [1.807, 2.05) is 24.3 Å². The van der Waals surface area contributed by atoms with Gasteiger partial charge in [0.05, 0.1) is 11.2 Å². The standard InChI is InChI=1S/C21H25N5OS/c1-21(2,3)20-22-13-16(28-20)19(27)23-15-9-7-8-14(12-15)18-25-24-17-10-5-4-6-11-26(17)18/h7-9,12-13H,4-6,10-11H2,1-3H3,(H,23,27). The fourth-order valence-electron chi connectivity index (χ4n) is 3.35. The van der Waals surface area contributed by atoms with E-state index in [2.05, 4.69) is 45.8 Å². The highest BCUT2D eigenvalue weighted by molar-refractivity contribution is 7.13. The quantitative estimate of drug-likeness (QED) is 0.699. The number of hydrogen-bond acceptors (Lipinski definition) is 5. The summed E-state index contributed by atoms with van der Waals surface area (Å²) in [5.74, 6) is 1.80. The van der Waals surface area contributed by atoms with E-state index < -0.39 is 0 Å². The van der Waals surface area contributed by atoms with E-state index in [0.717, 1.165) is 47.3 Å². The molecule has 1 aromatic carbocycles. The summed E-state index contributed by atoms with van der Waals surface area (Å²) in [5.41, 5.74) is 1.66. The Hall–Kier alpha value is -2.54. The fraction of sp³-hybridized carbons (Fsp3) is 0.429. The molecular formula is C21H25N5OS. The van der Waals surface area contributed by atoms with Crippen LogP contribution in [0.1, 0.15) is 60.5 Å². The Morgan fingerprint density at radius 2 is 2.04 bits per heavy atom. The van der Waals surface area contributed by atoms with Crippen LogP contribution >= 0.6 is 11.3 Å². The lowest BCUT2D eigenvalue weighted by atomic mass is 9.98. The van der Waals surface area contributed by atoms with Crippen molar-refractivity contribution in [2.24, 2.45) is 0 Å². The second-order valence-electron chi connectivity index (χ2n) is 8.22. The number of fused-ring (bicyclic) bond motifs is 1. The molecule has 3 heterocycles. The number of thiazole rings is 1. The molecule has 0 aliphatic carbocycles. The lowest BCUT2D eigenvalue weighted by Crippen LogP contribution is -2.11. The number of nitrogens with one attached hydrogen (secondary N) is 1. The molecule has 1 aliphatic rings. The molecule has 1 N–H and O–H groups in total. The van der Waals surface area contributed by atoms with Crippen molar-refractivity contribution in [2.45, 2.75) is 58.4 Å². The number of hydrogen-bond donors (Lipinski definition) is 1. The van der Waals surface area contributed by atoms with Crippen molar-refractivity contribution in [3.05, 3.63) is 46.2 Å².